The number of hydrogen-bond acceptors (Lipinski definition) is 6. The zero-order valence-corrected chi connectivity index (χ0v) is 9.20. The van der Waals surface area contributed by atoms with Crippen molar-refractivity contribution >= 4 is 17.6 Å². The van der Waals surface area contributed by atoms with Crippen LogP contribution >= 0.6 is 0 Å². The average Bonchev–Trinajstić information content (AvgIpc) is 2.82. The maximum atomic E-state index is 10.9. The molecular formula is C9H11N4O4-. The number of carbonyl (C=O) groups excluding carboxylic acids is 1. The molecule has 0 saturated carbocycles. The number of aryl methyl sites for hydroxylation is 1. The molecule has 2 rings (SSSR count). The summed E-state index contributed by atoms with van der Waals surface area (Å²) in [4.78, 5) is 26.3. The predicted molar refractivity (Wildman–Crippen MR) is 55.2 cm³/mol. The first-order chi connectivity index (χ1) is 8.02. The number of hydrogen-bond donors (Lipinski definition) is 0. The van der Waals surface area contributed by atoms with Crippen LogP contribution in [-0.4, -0.2) is 33.0 Å². The molecule has 0 radical (unpaired) electrons. The highest BCUT2D eigenvalue weighted by atomic mass is 16.6. The zero-order chi connectivity index (χ0) is 12.6. The van der Waals surface area contributed by atoms with Crippen molar-refractivity contribution in [3.05, 3.63) is 16.4 Å². The van der Waals surface area contributed by atoms with Crippen LogP contribution in [0.4, 0.5) is 11.6 Å². The third-order valence-electron chi connectivity index (χ3n) is 2.86. The van der Waals surface area contributed by atoms with Gasteiger partial charge in [-0.25, -0.2) is 0 Å². The average molecular weight is 239 g/mol. The lowest BCUT2D eigenvalue weighted by molar-refractivity contribution is -0.388. The van der Waals surface area contributed by atoms with Gasteiger partial charge in [-0.3, -0.25) is 4.57 Å². The van der Waals surface area contributed by atoms with Crippen molar-refractivity contribution in [2.45, 2.75) is 18.9 Å². The molecular weight excluding hydrogens is 228 g/mol. The summed E-state index contributed by atoms with van der Waals surface area (Å²) in [6.07, 6.45) is 2.41. The molecule has 1 saturated heterocycles. The first-order valence-corrected chi connectivity index (χ1v) is 5.15. The fourth-order valence-electron chi connectivity index (χ4n) is 2.14. The van der Waals surface area contributed by atoms with Crippen LogP contribution < -0.4 is 10.0 Å². The van der Waals surface area contributed by atoms with Crippen molar-refractivity contribution in [1.82, 2.24) is 9.55 Å². The van der Waals surface area contributed by atoms with Gasteiger partial charge in [-0.1, -0.05) is 0 Å². The van der Waals surface area contributed by atoms with Gasteiger partial charge in [-0.05, 0) is 22.7 Å². The van der Waals surface area contributed by atoms with Crippen molar-refractivity contribution in [3.63, 3.8) is 0 Å². The second-order valence-corrected chi connectivity index (χ2v) is 3.93. The van der Waals surface area contributed by atoms with Gasteiger partial charge in [0.05, 0.1) is 12.0 Å². The highest BCUT2D eigenvalue weighted by molar-refractivity contribution is 5.78. The molecule has 92 valence electrons. The zero-order valence-electron chi connectivity index (χ0n) is 9.20. The number of carbonyl (C=O) groups is 1. The van der Waals surface area contributed by atoms with E-state index >= 15 is 0 Å². The summed E-state index contributed by atoms with van der Waals surface area (Å²) in [6.45, 7) is 0.457. The molecule has 1 fully saturated rings. The topological polar surface area (TPSA) is 104 Å². The van der Waals surface area contributed by atoms with Gasteiger partial charge in [0.15, 0.2) is 0 Å². The van der Waals surface area contributed by atoms with Gasteiger partial charge < -0.3 is 24.9 Å². The second kappa shape index (κ2) is 4.04. The highest BCUT2D eigenvalue weighted by Gasteiger charge is 2.34. The van der Waals surface area contributed by atoms with Crippen LogP contribution in [0, 0.1) is 10.1 Å². The van der Waals surface area contributed by atoms with Crippen LogP contribution in [0.25, 0.3) is 0 Å². The molecule has 17 heavy (non-hydrogen) atoms. The third kappa shape index (κ3) is 1.81. The van der Waals surface area contributed by atoms with Gasteiger partial charge in [0.2, 0.25) is 12.1 Å². The van der Waals surface area contributed by atoms with E-state index in [1.54, 1.807) is 7.05 Å². The summed E-state index contributed by atoms with van der Waals surface area (Å²) in [5.41, 5.74) is 0. The normalized spacial score (nSPS) is 19.6. The molecule has 1 aromatic rings. The fourth-order valence-corrected chi connectivity index (χ4v) is 2.14. The quantitative estimate of drug-likeness (QED) is 0.497. The van der Waals surface area contributed by atoms with Gasteiger partial charge >= 0.3 is 5.82 Å². The number of carboxylic acids is 1. The highest BCUT2D eigenvalue weighted by Crippen LogP contribution is 2.31. The van der Waals surface area contributed by atoms with Crippen molar-refractivity contribution in [3.8, 4) is 0 Å². The molecule has 1 aromatic heterocycles. The maximum absolute atomic E-state index is 10.9. The minimum atomic E-state index is -1.21. The molecule has 1 aliphatic heterocycles. The molecule has 0 aromatic carbocycles. The van der Waals surface area contributed by atoms with E-state index in [4.69, 9.17) is 0 Å². The summed E-state index contributed by atoms with van der Waals surface area (Å²) in [5.74, 6) is -1.31. The van der Waals surface area contributed by atoms with Gasteiger partial charge in [0.25, 0.3) is 0 Å². The van der Waals surface area contributed by atoms with Crippen LogP contribution in [0.2, 0.25) is 0 Å². The van der Waals surface area contributed by atoms with Crippen molar-refractivity contribution in [2.24, 2.45) is 7.05 Å². The van der Waals surface area contributed by atoms with E-state index in [0.29, 0.717) is 19.4 Å². The Bertz CT molecular complexity index is 470. The Morgan fingerprint density at radius 3 is 2.94 bits per heavy atom. The lowest BCUT2D eigenvalue weighted by Gasteiger charge is -2.26. The van der Waals surface area contributed by atoms with E-state index in [1.165, 1.54) is 15.8 Å². The molecule has 2 heterocycles. The lowest BCUT2D eigenvalue weighted by atomic mass is 10.2. The van der Waals surface area contributed by atoms with Crippen molar-refractivity contribution < 1.29 is 14.8 Å². The summed E-state index contributed by atoms with van der Waals surface area (Å²) in [5, 5.41) is 21.8. The predicted octanol–water partition coefficient (Wildman–Crippen LogP) is -0.953. The Labute approximate surface area is 96.6 Å². The number of anilines is 1. The Kier molecular flexibility index (Phi) is 2.70. The van der Waals surface area contributed by atoms with Gasteiger partial charge in [-0.15, -0.1) is 0 Å². The van der Waals surface area contributed by atoms with Gasteiger partial charge in [-0.2, -0.15) is 0 Å². The largest absolute Gasteiger partial charge is 0.548 e. The van der Waals surface area contributed by atoms with Crippen LogP contribution in [0.3, 0.4) is 0 Å². The number of nitrogens with zero attached hydrogens (tertiary/aromatic N) is 4. The van der Waals surface area contributed by atoms with Crippen LogP contribution in [0.15, 0.2) is 6.33 Å². The van der Waals surface area contributed by atoms with E-state index in [1.807, 2.05) is 0 Å². The molecule has 0 bridgehead atoms. The first kappa shape index (κ1) is 11.4. The monoisotopic (exact) mass is 239 g/mol. The number of carboxylic acid groups (broad SMARTS) is 1. The van der Waals surface area contributed by atoms with Crippen LogP contribution in [0.1, 0.15) is 12.8 Å². The smallest absolute Gasteiger partial charge is 0.406 e. The molecule has 0 amide bonds. The Hall–Kier alpha value is -2.12. The molecule has 0 N–H and O–H groups in total. The van der Waals surface area contributed by atoms with Crippen LogP contribution in [-0.2, 0) is 11.8 Å². The van der Waals surface area contributed by atoms with E-state index in [-0.39, 0.29) is 11.6 Å². The Morgan fingerprint density at radius 2 is 2.35 bits per heavy atom. The second-order valence-electron chi connectivity index (χ2n) is 3.93. The minimum Gasteiger partial charge on any atom is -0.548 e. The molecule has 1 atom stereocenters. The molecule has 0 aliphatic carbocycles. The van der Waals surface area contributed by atoms with Gasteiger partial charge in [0, 0.05) is 13.6 Å². The molecule has 8 heteroatoms. The standard InChI is InChI=1S/C9H12N4O4/c1-11-5-10-7(13(16)17)8(11)12-4-2-3-6(12)9(14)15/h5-6H,2-4H2,1H3,(H,14,15)/p-1/t6-/m1/s1. The molecule has 1 aliphatic rings. The SMILES string of the molecule is Cn1cnc([N+](=O)[O-])c1N1CCC[C@@H]1C(=O)[O-]. The van der Waals surface area contributed by atoms with E-state index in [2.05, 4.69) is 4.98 Å². The molecule has 8 nitrogen and oxygen atoms in total. The number of imidazole rings is 1. The first-order valence-electron chi connectivity index (χ1n) is 5.15. The van der Waals surface area contributed by atoms with Crippen LogP contribution in [0.5, 0.6) is 0 Å². The number of aromatic nitrogens is 2. The number of aliphatic carboxylic acids is 1. The van der Waals surface area contributed by atoms with Crippen molar-refractivity contribution in [2.75, 3.05) is 11.4 Å². The van der Waals surface area contributed by atoms with E-state index in [0.717, 1.165) is 0 Å². The summed E-state index contributed by atoms with van der Waals surface area (Å²) >= 11 is 0. The molecule has 0 unspecified atom stereocenters. The minimum absolute atomic E-state index is 0.224. The summed E-state index contributed by atoms with van der Waals surface area (Å²) in [7, 11) is 1.60. The number of rotatable bonds is 3. The van der Waals surface area contributed by atoms with Gasteiger partial charge in [0.1, 0.15) is 0 Å². The van der Waals surface area contributed by atoms with E-state index < -0.39 is 16.9 Å². The maximum Gasteiger partial charge on any atom is 0.406 e. The summed E-state index contributed by atoms with van der Waals surface area (Å²) in [6, 6.07) is -0.816. The molecule has 0 spiro atoms. The number of nitro groups is 1. The lowest BCUT2D eigenvalue weighted by Crippen LogP contribution is -2.45. The third-order valence-corrected chi connectivity index (χ3v) is 2.86. The summed E-state index contributed by atoms with van der Waals surface area (Å²) < 4.78 is 1.46. The van der Waals surface area contributed by atoms with Crippen molar-refractivity contribution in [1.29, 1.82) is 0 Å². The Balaban J connectivity index is 2.42. The Morgan fingerprint density at radius 1 is 1.65 bits per heavy atom. The van der Waals surface area contributed by atoms with E-state index in [9.17, 15) is 20.0 Å². The fraction of sp³-hybridized carbons (Fsp3) is 0.556.